The van der Waals surface area contributed by atoms with E-state index < -0.39 is 0 Å². The lowest BCUT2D eigenvalue weighted by Crippen LogP contribution is -2.31. The molecular weight excluding hydrogens is 224 g/mol. The first kappa shape index (κ1) is 13.8. The summed E-state index contributed by atoms with van der Waals surface area (Å²) in [6.07, 6.45) is 7.15. The van der Waals surface area contributed by atoms with Gasteiger partial charge < -0.3 is 10.6 Å². The molecule has 0 aromatic heterocycles. The second-order valence-corrected chi connectivity index (χ2v) is 5.02. The lowest BCUT2D eigenvalue weighted by atomic mass is 10.0. The molecule has 1 unspecified atom stereocenters. The Morgan fingerprint density at radius 1 is 1.19 bits per heavy atom. The highest BCUT2D eigenvalue weighted by Gasteiger charge is 2.19. The molecule has 0 bridgehead atoms. The van der Waals surface area contributed by atoms with E-state index in [1.54, 1.807) is 0 Å². The smallest absolute Gasteiger partial charge is 0.220 e. The summed E-state index contributed by atoms with van der Waals surface area (Å²) in [5.74, 6) is 1.61. The topological polar surface area (TPSA) is 41.1 Å². The van der Waals surface area contributed by atoms with Crippen molar-refractivity contribution in [3.8, 4) is 0 Å². The van der Waals surface area contributed by atoms with Crippen LogP contribution >= 0.6 is 12.4 Å². The first-order valence-electron chi connectivity index (χ1n) is 6.32. The van der Waals surface area contributed by atoms with E-state index in [9.17, 15) is 4.79 Å². The molecule has 1 aliphatic heterocycles. The minimum absolute atomic E-state index is 0. The molecule has 0 aromatic carbocycles. The molecule has 1 saturated heterocycles. The fourth-order valence-corrected chi connectivity index (χ4v) is 2.70. The summed E-state index contributed by atoms with van der Waals surface area (Å²) >= 11 is 0. The van der Waals surface area contributed by atoms with Crippen LogP contribution < -0.4 is 10.6 Å². The predicted octanol–water partition coefficient (Wildman–Crippen LogP) is 1.71. The van der Waals surface area contributed by atoms with Crippen molar-refractivity contribution in [3.63, 3.8) is 0 Å². The van der Waals surface area contributed by atoms with Crippen LogP contribution in [0, 0.1) is 11.8 Å². The Kier molecular flexibility index (Phi) is 6.14. The van der Waals surface area contributed by atoms with Gasteiger partial charge in [0.05, 0.1) is 0 Å². The molecule has 0 aromatic rings. The second kappa shape index (κ2) is 7.13. The largest absolute Gasteiger partial charge is 0.356 e. The van der Waals surface area contributed by atoms with Crippen LogP contribution in [-0.2, 0) is 4.79 Å². The number of nitrogens with one attached hydrogen (secondary N) is 2. The third-order valence-electron chi connectivity index (χ3n) is 3.70. The van der Waals surface area contributed by atoms with E-state index in [0.29, 0.717) is 11.8 Å². The van der Waals surface area contributed by atoms with E-state index in [4.69, 9.17) is 0 Å². The number of hydrogen-bond donors (Lipinski definition) is 2. The van der Waals surface area contributed by atoms with Crippen molar-refractivity contribution in [3.05, 3.63) is 0 Å². The van der Waals surface area contributed by atoms with E-state index in [2.05, 4.69) is 10.6 Å². The highest BCUT2D eigenvalue weighted by molar-refractivity contribution is 5.85. The molecule has 1 atom stereocenters. The number of amides is 1. The van der Waals surface area contributed by atoms with Crippen LogP contribution in [0.1, 0.15) is 38.5 Å². The van der Waals surface area contributed by atoms with Crippen LogP contribution in [0.3, 0.4) is 0 Å². The Hall–Kier alpha value is -0.280. The average Bonchev–Trinajstić information content (AvgIpc) is 2.86. The maximum Gasteiger partial charge on any atom is 0.220 e. The maximum atomic E-state index is 11.6. The minimum Gasteiger partial charge on any atom is -0.356 e. The monoisotopic (exact) mass is 246 g/mol. The van der Waals surface area contributed by atoms with Crippen LogP contribution in [0.4, 0.5) is 0 Å². The summed E-state index contributed by atoms with van der Waals surface area (Å²) in [6.45, 7) is 3.06. The molecule has 2 rings (SSSR count). The van der Waals surface area contributed by atoms with Crippen molar-refractivity contribution in [2.45, 2.75) is 38.5 Å². The fourth-order valence-electron chi connectivity index (χ4n) is 2.70. The van der Waals surface area contributed by atoms with Crippen molar-refractivity contribution in [2.75, 3.05) is 19.6 Å². The molecule has 3 nitrogen and oxygen atoms in total. The third kappa shape index (κ3) is 4.30. The van der Waals surface area contributed by atoms with Crippen LogP contribution in [0.15, 0.2) is 0 Å². The predicted molar refractivity (Wildman–Crippen MR) is 67.8 cm³/mol. The Labute approximate surface area is 104 Å². The summed E-state index contributed by atoms with van der Waals surface area (Å²) < 4.78 is 0. The molecule has 1 saturated carbocycles. The van der Waals surface area contributed by atoms with Gasteiger partial charge in [-0.1, -0.05) is 12.8 Å². The zero-order valence-electron chi connectivity index (χ0n) is 9.84. The van der Waals surface area contributed by atoms with Gasteiger partial charge in [-0.25, -0.2) is 0 Å². The number of halogens is 1. The standard InChI is InChI=1S/C12H22N2O.ClH/c15-12(7-10-3-1-2-4-10)14-9-11-5-6-13-8-11;/h10-11,13H,1-9H2,(H,14,15);1H. The van der Waals surface area contributed by atoms with E-state index in [1.165, 1.54) is 32.1 Å². The number of rotatable bonds is 4. The van der Waals surface area contributed by atoms with Crippen molar-refractivity contribution in [1.29, 1.82) is 0 Å². The average molecular weight is 247 g/mol. The Balaban J connectivity index is 0.00000128. The SMILES string of the molecule is Cl.O=C(CC1CCCC1)NCC1CCNC1. The second-order valence-electron chi connectivity index (χ2n) is 5.02. The molecule has 1 aliphatic carbocycles. The summed E-state index contributed by atoms with van der Waals surface area (Å²) in [7, 11) is 0. The molecule has 2 aliphatic rings. The molecule has 16 heavy (non-hydrogen) atoms. The molecule has 1 amide bonds. The Bertz CT molecular complexity index is 211. The first-order chi connectivity index (χ1) is 7.34. The van der Waals surface area contributed by atoms with Gasteiger partial charge in [0.1, 0.15) is 0 Å². The number of hydrogen-bond acceptors (Lipinski definition) is 2. The number of carbonyl (C=O) groups excluding carboxylic acids is 1. The third-order valence-corrected chi connectivity index (χ3v) is 3.70. The summed E-state index contributed by atoms with van der Waals surface area (Å²) in [4.78, 5) is 11.6. The molecule has 4 heteroatoms. The van der Waals surface area contributed by atoms with Crippen LogP contribution in [0.5, 0.6) is 0 Å². The van der Waals surface area contributed by atoms with Gasteiger partial charge in [-0.05, 0) is 44.2 Å². The fraction of sp³-hybridized carbons (Fsp3) is 0.917. The molecular formula is C12H23ClN2O. The van der Waals surface area contributed by atoms with E-state index >= 15 is 0 Å². The quantitative estimate of drug-likeness (QED) is 0.793. The Morgan fingerprint density at radius 3 is 2.56 bits per heavy atom. The summed E-state index contributed by atoms with van der Waals surface area (Å²) in [6, 6.07) is 0. The van der Waals surface area contributed by atoms with Gasteiger partial charge in [0.25, 0.3) is 0 Å². The first-order valence-corrected chi connectivity index (χ1v) is 6.32. The van der Waals surface area contributed by atoms with Gasteiger partial charge in [-0.2, -0.15) is 0 Å². The molecule has 94 valence electrons. The van der Waals surface area contributed by atoms with Crippen molar-refractivity contribution >= 4 is 18.3 Å². The Morgan fingerprint density at radius 2 is 1.94 bits per heavy atom. The number of carbonyl (C=O) groups is 1. The van der Waals surface area contributed by atoms with Gasteiger partial charge in [0.2, 0.25) is 5.91 Å². The van der Waals surface area contributed by atoms with Gasteiger partial charge in [0.15, 0.2) is 0 Å². The summed E-state index contributed by atoms with van der Waals surface area (Å²) in [5, 5.41) is 6.39. The van der Waals surface area contributed by atoms with Crippen molar-refractivity contribution < 1.29 is 4.79 Å². The van der Waals surface area contributed by atoms with E-state index in [1.807, 2.05) is 0 Å². The lowest BCUT2D eigenvalue weighted by molar-refractivity contribution is -0.122. The van der Waals surface area contributed by atoms with Gasteiger partial charge in [-0.15, -0.1) is 12.4 Å². The molecule has 2 fully saturated rings. The summed E-state index contributed by atoms with van der Waals surface area (Å²) in [5.41, 5.74) is 0. The highest BCUT2D eigenvalue weighted by Crippen LogP contribution is 2.27. The minimum atomic E-state index is 0. The van der Waals surface area contributed by atoms with Crippen LogP contribution in [-0.4, -0.2) is 25.5 Å². The van der Waals surface area contributed by atoms with Crippen LogP contribution in [0.25, 0.3) is 0 Å². The van der Waals surface area contributed by atoms with Gasteiger partial charge in [0, 0.05) is 13.0 Å². The maximum absolute atomic E-state index is 11.6. The molecule has 0 spiro atoms. The molecule has 0 radical (unpaired) electrons. The highest BCUT2D eigenvalue weighted by atomic mass is 35.5. The normalized spacial score (nSPS) is 25.4. The van der Waals surface area contributed by atoms with E-state index in [-0.39, 0.29) is 18.3 Å². The van der Waals surface area contributed by atoms with Crippen LogP contribution in [0.2, 0.25) is 0 Å². The van der Waals surface area contributed by atoms with Crippen molar-refractivity contribution in [1.82, 2.24) is 10.6 Å². The van der Waals surface area contributed by atoms with Crippen molar-refractivity contribution in [2.24, 2.45) is 11.8 Å². The van der Waals surface area contributed by atoms with E-state index in [0.717, 1.165) is 26.1 Å². The zero-order valence-corrected chi connectivity index (χ0v) is 10.7. The van der Waals surface area contributed by atoms with Gasteiger partial charge in [-0.3, -0.25) is 4.79 Å². The zero-order chi connectivity index (χ0) is 10.5. The molecule has 2 N–H and O–H groups in total. The molecule has 1 heterocycles. The lowest BCUT2D eigenvalue weighted by Gasteiger charge is -2.12. The van der Waals surface area contributed by atoms with Gasteiger partial charge >= 0.3 is 0 Å².